The van der Waals surface area contributed by atoms with Crippen molar-refractivity contribution in [2.45, 2.75) is 6.42 Å². The predicted molar refractivity (Wildman–Crippen MR) is 62.2 cm³/mol. The van der Waals surface area contributed by atoms with E-state index in [0.717, 1.165) is 6.07 Å². The molecule has 94 valence electrons. The van der Waals surface area contributed by atoms with E-state index >= 15 is 0 Å². The molecule has 1 heterocycles. The molecule has 2 aromatic rings. The molecule has 0 fully saturated rings. The zero-order chi connectivity index (χ0) is 13.0. The maximum Gasteiger partial charge on any atom is 0.255 e. The van der Waals surface area contributed by atoms with Gasteiger partial charge in [0, 0.05) is 19.0 Å². The first kappa shape index (κ1) is 11.9. The first-order chi connectivity index (χ1) is 8.66. The molecule has 0 unspecified atom stereocenters. The number of benzene rings is 1. The van der Waals surface area contributed by atoms with Crippen molar-refractivity contribution in [3.05, 3.63) is 35.9 Å². The van der Waals surface area contributed by atoms with Crippen LogP contribution in [0.3, 0.4) is 0 Å². The molecule has 1 aromatic heterocycles. The first-order valence-corrected chi connectivity index (χ1v) is 5.31. The highest BCUT2D eigenvalue weighted by atomic mass is 16.3. The van der Waals surface area contributed by atoms with Gasteiger partial charge >= 0.3 is 0 Å². The van der Waals surface area contributed by atoms with Crippen molar-refractivity contribution >= 4 is 5.91 Å². The molecule has 18 heavy (non-hydrogen) atoms. The fourth-order valence-electron chi connectivity index (χ4n) is 1.45. The Morgan fingerprint density at radius 3 is 2.89 bits per heavy atom. The third-order valence-corrected chi connectivity index (χ3v) is 2.34. The van der Waals surface area contributed by atoms with Crippen LogP contribution in [0.5, 0.6) is 11.5 Å². The Bertz CT molecular complexity index is 539. The van der Waals surface area contributed by atoms with Crippen molar-refractivity contribution in [2.24, 2.45) is 0 Å². The smallest absolute Gasteiger partial charge is 0.255 e. The van der Waals surface area contributed by atoms with Crippen molar-refractivity contribution in [1.82, 2.24) is 20.5 Å². The molecule has 7 heteroatoms. The van der Waals surface area contributed by atoms with Crippen LogP contribution < -0.4 is 5.32 Å². The van der Waals surface area contributed by atoms with Crippen LogP contribution in [0.2, 0.25) is 0 Å². The molecule has 0 aliphatic carbocycles. The number of carbonyl (C=O) groups is 1. The highest BCUT2D eigenvalue weighted by Crippen LogP contribution is 2.22. The highest BCUT2D eigenvalue weighted by Gasteiger charge is 2.11. The molecule has 1 aromatic carbocycles. The minimum atomic E-state index is -0.410. The lowest BCUT2D eigenvalue weighted by atomic mass is 10.2. The number of nitrogens with zero attached hydrogens (tertiary/aromatic N) is 2. The lowest BCUT2D eigenvalue weighted by Gasteiger charge is -2.06. The normalized spacial score (nSPS) is 10.2. The molecule has 2 rings (SSSR count). The van der Waals surface area contributed by atoms with Gasteiger partial charge in [-0.2, -0.15) is 5.10 Å². The number of rotatable bonds is 4. The van der Waals surface area contributed by atoms with Gasteiger partial charge in [-0.3, -0.25) is 9.89 Å². The predicted octanol–water partition coefficient (Wildman–Crippen LogP) is 0.188. The fraction of sp³-hybridized carbons (Fsp3) is 0.182. The highest BCUT2D eigenvalue weighted by molar-refractivity contribution is 5.96. The third kappa shape index (κ3) is 2.76. The van der Waals surface area contributed by atoms with Crippen molar-refractivity contribution in [3.63, 3.8) is 0 Å². The molecule has 1 amide bonds. The van der Waals surface area contributed by atoms with E-state index in [1.54, 1.807) is 0 Å². The molecule has 7 nitrogen and oxygen atoms in total. The molecule has 4 N–H and O–H groups in total. The van der Waals surface area contributed by atoms with Crippen LogP contribution in [-0.2, 0) is 6.42 Å². The summed E-state index contributed by atoms with van der Waals surface area (Å²) in [5, 5.41) is 27.6. The van der Waals surface area contributed by atoms with E-state index in [-0.39, 0.29) is 17.1 Å². The number of H-pyrrole nitrogens is 1. The molecular formula is C11H12N4O3. The van der Waals surface area contributed by atoms with Gasteiger partial charge in [0.1, 0.15) is 23.7 Å². The topological polar surface area (TPSA) is 111 Å². The Hall–Kier alpha value is -2.57. The lowest BCUT2D eigenvalue weighted by molar-refractivity contribution is 0.0951. The van der Waals surface area contributed by atoms with Crippen LogP contribution in [0, 0.1) is 0 Å². The molecule has 0 bridgehead atoms. The number of hydrogen-bond donors (Lipinski definition) is 4. The van der Waals surface area contributed by atoms with Crippen LogP contribution in [0.15, 0.2) is 24.5 Å². The standard InChI is InChI=1S/C11H12N4O3/c16-7-1-2-8(9(17)5-7)11(18)12-4-3-10-13-6-14-15-10/h1-2,5-6,16-17H,3-4H2,(H,12,18)(H,13,14,15). The second-order valence-corrected chi connectivity index (χ2v) is 3.64. The van der Waals surface area contributed by atoms with Crippen LogP contribution in [0.1, 0.15) is 16.2 Å². The second-order valence-electron chi connectivity index (χ2n) is 3.64. The van der Waals surface area contributed by atoms with Crippen molar-refractivity contribution in [1.29, 1.82) is 0 Å². The Morgan fingerprint density at radius 2 is 2.22 bits per heavy atom. The summed E-state index contributed by atoms with van der Waals surface area (Å²) in [6.45, 7) is 0.369. The molecule has 0 radical (unpaired) electrons. The number of phenols is 2. The number of amides is 1. The van der Waals surface area contributed by atoms with Gasteiger partial charge in [0.05, 0.1) is 5.56 Å². The lowest BCUT2D eigenvalue weighted by Crippen LogP contribution is -2.26. The molecule has 0 spiro atoms. The van der Waals surface area contributed by atoms with E-state index in [1.807, 2.05) is 0 Å². The van der Waals surface area contributed by atoms with Gasteiger partial charge in [-0.15, -0.1) is 0 Å². The molecule has 0 aliphatic rings. The van der Waals surface area contributed by atoms with Gasteiger partial charge in [0.25, 0.3) is 5.91 Å². The zero-order valence-electron chi connectivity index (χ0n) is 9.42. The number of hydrogen-bond acceptors (Lipinski definition) is 5. The number of aromatic amines is 1. The number of aromatic hydroxyl groups is 2. The minimum Gasteiger partial charge on any atom is -0.508 e. The molecular weight excluding hydrogens is 236 g/mol. The van der Waals surface area contributed by atoms with E-state index in [9.17, 15) is 9.90 Å². The summed E-state index contributed by atoms with van der Waals surface area (Å²) in [4.78, 5) is 15.6. The van der Waals surface area contributed by atoms with Gasteiger partial charge in [0.15, 0.2) is 0 Å². The summed E-state index contributed by atoms with van der Waals surface area (Å²) in [6, 6.07) is 3.81. The number of carbonyl (C=O) groups excluding carboxylic acids is 1. The van der Waals surface area contributed by atoms with Crippen molar-refractivity contribution in [2.75, 3.05) is 6.54 Å². The van der Waals surface area contributed by atoms with E-state index in [1.165, 1.54) is 18.5 Å². The van der Waals surface area contributed by atoms with Crippen LogP contribution in [0.4, 0.5) is 0 Å². The maximum absolute atomic E-state index is 11.7. The van der Waals surface area contributed by atoms with E-state index in [4.69, 9.17) is 5.11 Å². The summed E-state index contributed by atoms with van der Waals surface area (Å²) >= 11 is 0. The Morgan fingerprint density at radius 1 is 1.39 bits per heavy atom. The summed E-state index contributed by atoms with van der Waals surface area (Å²) in [5.74, 6) is -0.0879. The number of nitrogens with one attached hydrogen (secondary N) is 2. The second kappa shape index (κ2) is 5.17. The summed E-state index contributed by atoms with van der Waals surface area (Å²) in [7, 11) is 0. The summed E-state index contributed by atoms with van der Waals surface area (Å²) in [5.41, 5.74) is 0.116. The monoisotopic (exact) mass is 248 g/mol. The largest absolute Gasteiger partial charge is 0.508 e. The van der Waals surface area contributed by atoms with Gasteiger partial charge in [-0.1, -0.05) is 0 Å². The quantitative estimate of drug-likeness (QED) is 0.617. The van der Waals surface area contributed by atoms with Crippen molar-refractivity contribution in [3.8, 4) is 11.5 Å². The Balaban J connectivity index is 1.91. The van der Waals surface area contributed by atoms with E-state index < -0.39 is 5.91 Å². The molecule has 0 saturated heterocycles. The van der Waals surface area contributed by atoms with E-state index in [0.29, 0.717) is 18.8 Å². The number of aromatic nitrogens is 3. The fourth-order valence-corrected chi connectivity index (χ4v) is 1.45. The van der Waals surface area contributed by atoms with Gasteiger partial charge in [-0.05, 0) is 12.1 Å². The maximum atomic E-state index is 11.7. The Kier molecular flexibility index (Phi) is 3.42. The Labute approximate surface area is 103 Å². The average Bonchev–Trinajstić information content (AvgIpc) is 2.81. The molecule has 0 aliphatic heterocycles. The summed E-state index contributed by atoms with van der Waals surface area (Å²) < 4.78 is 0. The first-order valence-electron chi connectivity index (χ1n) is 5.31. The SMILES string of the molecule is O=C(NCCc1ncn[nH]1)c1ccc(O)cc1O. The van der Waals surface area contributed by atoms with Crippen LogP contribution in [0.25, 0.3) is 0 Å². The van der Waals surface area contributed by atoms with Gasteiger partial charge in [-0.25, -0.2) is 4.98 Å². The number of phenolic OH excluding ortho intramolecular Hbond substituents is 2. The van der Waals surface area contributed by atoms with Crippen LogP contribution >= 0.6 is 0 Å². The third-order valence-electron chi connectivity index (χ3n) is 2.34. The van der Waals surface area contributed by atoms with Crippen LogP contribution in [-0.4, -0.2) is 37.8 Å². The van der Waals surface area contributed by atoms with Gasteiger partial charge in [0.2, 0.25) is 0 Å². The van der Waals surface area contributed by atoms with Crippen molar-refractivity contribution < 1.29 is 15.0 Å². The molecule has 0 atom stereocenters. The average molecular weight is 248 g/mol. The van der Waals surface area contributed by atoms with Gasteiger partial charge < -0.3 is 15.5 Å². The minimum absolute atomic E-state index is 0.0919. The summed E-state index contributed by atoms with van der Waals surface area (Å²) in [6.07, 6.45) is 1.91. The molecule has 0 saturated carbocycles. The zero-order valence-corrected chi connectivity index (χ0v) is 9.42. The van der Waals surface area contributed by atoms with E-state index in [2.05, 4.69) is 20.5 Å².